The second-order valence-corrected chi connectivity index (χ2v) is 9.51. The Morgan fingerprint density at radius 1 is 0.941 bits per heavy atom. The van der Waals surface area contributed by atoms with Crippen molar-refractivity contribution in [1.29, 1.82) is 0 Å². The van der Waals surface area contributed by atoms with Gasteiger partial charge in [-0.1, -0.05) is 70.7 Å². The minimum Gasteiger partial charge on any atom is -0.367 e. The van der Waals surface area contributed by atoms with Crippen molar-refractivity contribution in [1.82, 2.24) is 9.88 Å². The number of hydrogen-bond acceptors (Lipinski definition) is 4. The van der Waals surface area contributed by atoms with E-state index in [1.54, 1.807) is 12.1 Å². The minimum atomic E-state index is -0.319. The van der Waals surface area contributed by atoms with Gasteiger partial charge in [0.1, 0.15) is 5.15 Å². The summed E-state index contributed by atoms with van der Waals surface area (Å²) in [7, 11) is 0. The van der Waals surface area contributed by atoms with Gasteiger partial charge in [-0.3, -0.25) is 9.69 Å². The first kappa shape index (κ1) is 24.8. The molecule has 1 N–H and O–H groups in total. The predicted molar refractivity (Wildman–Crippen MR) is 143 cm³/mol. The van der Waals surface area contributed by atoms with E-state index >= 15 is 0 Å². The molecule has 1 fully saturated rings. The van der Waals surface area contributed by atoms with Crippen LogP contribution in [0.5, 0.6) is 0 Å². The lowest BCUT2D eigenvalue weighted by Gasteiger charge is -2.36. The number of rotatable bonds is 6. The SMILES string of the molecule is O=C(Nc1c(Cl)cc(Cl)cc1N1CCN(CC=Cc2ccc(Cl)cc2)CC1)c1ccnc(Cl)c1. The largest absolute Gasteiger partial charge is 0.367 e. The molecule has 1 saturated heterocycles. The molecule has 2 aromatic carbocycles. The molecule has 1 amide bonds. The molecule has 1 aliphatic rings. The highest BCUT2D eigenvalue weighted by molar-refractivity contribution is 6.38. The van der Waals surface area contributed by atoms with Gasteiger partial charge in [-0.05, 0) is 42.0 Å². The number of pyridine rings is 1. The Labute approximate surface area is 218 Å². The lowest BCUT2D eigenvalue weighted by atomic mass is 10.2. The van der Waals surface area contributed by atoms with E-state index in [0.717, 1.165) is 49.0 Å². The fourth-order valence-corrected chi connectivity index (χ4v) is 4.58. The molecule has 1 aliphatic heterocycles. The molecule has 4 rings (SSSR count). The predicted octanol–water partition coefficient (Wildman–Crippen LogP) is 6.78. The van der Waals surface area contributed by atoms with Crippen molar-refractivity contribution in [3.63, 3.8) is 0 Å². The van der Waals surface area contributed by atoms with E-state index in [1.807, 2.05) is 30.3 Å². The Bertz CT molecular complexity index is 1190. The van der Waals surface area contributed by atoms with Crippen LogP contribution in [-0.2, 0) is 0 Å². The van der Waals surface area contributed by atoms with Crippen molar-refractivity contribution >= 4 is 69.8 Å². The van der Waals surface area contributed by atoms with E-state index in [1.165, 1.54) is 12.3 Å². The van der Waals surface area contributed by atoms with Gasteiger partial charge in [0.2, 0.25) is 0 Å². The zero-order valence-electron chi connectivity index (χ0n) is 18.1. The Hall–Kier alpha value is -2.28. The van der Waals surface area contributed by atoms with Crippen LogP contribution >= 0.6 is 46.4 Å². The highest BCUT2D eigenvalue weighted by atomic mass is 35.5. The summed E-state index contributed by atoms with van der Waals surface area (Å²) in [6.07, 6.45) is 5.74. The molecule has 176 valence electrons. The van der Waals surface area contributed by atoms with Crippen molar-refractivity contribution in [2.45, 2.75) is 0 Å². The summed E-state index contributed by atoms with van der Waals surface area (Å²) in [5, 5.41) is 4.79. The number of anilines is 2. The van der Waals surface area contributed by atoms with Gasteiger partial charge in [0.25, 0.3) is 5.91 Å². The molecule has 0 bridgehead atoms. The van der Waals surface area contributed by atoms with Gasteiger partial charge < -0.3 is 10.2 Å². The molecule has 9 heteroatoms. The van der Waals surface area contributed by atoms with Crippen LogP contribution in [0.15, 0.2) is 60.8 Å². The third kappa shape index (κ3) is 6.44. The molecule has 1 aromatic heterocycles. The highest BCUT2D eigenvalue weighted by Gasteiger charge is 2.22. The lowest BCUT2D eigenvalue weighted by Crippen LogP contribution is -2.46. The van der Waals surface area contributed by atoms with Gasteiger partial charge in [0.05, 0.1) is 16.4 Å². The number of halogens is 4. The summed E-state index contributed by atoms with van der Waals surface area (Å²) in [4.78, 5) is 21.3. The van der Waals surface area contributed by atoms with Crippen molar-refractivity contribution in [3.8, 4) is 0 Å². The van der Waals surface area contributed by atoms with Gasteiger partial charge in [-0.2, -0.15) is 0 Å². The monoisotopic (exact) mass is 534 g/mol. The van der Waals surface area contributed by atoms with Crippen molar-refractivity contribution < 1.29 is 4.79 Å². The average molecular weight is 536 g/mol. The normalized spacial score (nSPS) is 14.5. The zero-order chi connectivity index (χ0) is 24.1. The summed E-state index contributed by atoms with van der Waals surface area (Å²) in [5.74, 6) is -0.319. The maximum Gasteiger partial charge on any atom is 0.255 e. The third-order valence-corrected chi connectivity index (χ3v) is 6.49. The van der Waals surface area contributed by atoms with Gasteiger partial charge in [0.15, 0.2) is 0 Å². The molecule has 2 heterocycles. The van der Waals surface area contributed by atoms with Crippen molar-refractivity contribution in [3.05, 3.63) is 92.2 Å². The zero-order valence-corrected chi connectivity index (χ0v) is 21.2. The number of carbonyl (C=O) groups is 1. The minimum absolute atomic E-state index is 0.247. The van der Waals surface area contributed by atoms with E-state index in [-0.39, 0.29) is 11.1 Å². The van der Waals surface area contributed by atoms with Gasteiger partial charge in [-0.25, -0.2) is 4.98 Å². The maximum absolute atomic E-state index is 12.8. The first-order chi connectivity index (χ1) is 16.4. The van der Waals surface area contributed by atoms with Crippen LogP contribution < -0.4 is 10.2 Å². The summed E-state index contributed by atoms with van der Waals surface area (Å²) >= 11 is 24.7. The van der Waals surface area contributed by atoms with Crippen LogP contribution in [0.1, 0.15) is 15.9 Å². The standard InChI is InChI=1S/C25H22Cl4N4O/c26-19-5-3-17(4-6-19)2-1-9-32-10-12-33(13-11-32)22-16-20(27)15-21(28)24(22)31-25(34)18-7-8-30-23(29)14-18/h1-8,14-16H,9-13H2,(H,31,34). The van der Waals surface area contributed by atoms with Gasteiger partial charge in [-0.15, -0.1) is 0 Å². The Kier molecular flexibility index (Phi) is 8.35. The van der Waals surface area contributed by atoms with E-state index < -0.39 is 0 Å². The number of nitrogens with one attached hydrogen (secondary N) is 1. The first-order valence-electron chi connectivity index (χ1n) is 10.7. The summed E-state index contributed by atoms with van der Waals surface area (Å²) in [6, 6.07) is 14.3. The molecular weight excluding hydrogens is 514 g/mol. The second kappa shape index (κ2) is 11.4. The quantitative estimate of drug-likeness (QED) is 0.353. The number of carbonyl (C=O) groups excluding carboxylic acids is 1. The molecule has 0 spiro atoms. The third-order valence-electron chi connectivity index (χ3n) is 5.52. The van der Waals surface area contributed by atoms with Crippen LogP contribution in [-0.4, -0.2) is 48.5 Å². The summed E-state index contributed by atoms with van der Waals surface area (Å²) < 4.78 is 0. The fraction of sp³-hybridized carbons (Fsp3) is 0.200. The molecule has 0 aliphatic carbocycles. The highest BCUT2D eigenvalue weighted by Crippen LogP contribution is 2.37. The summed E-state index contributed by atoms with van der Waals surface area (Å²) in [6.45, 7) is 4.12. The number of nitrogens with zero attached hydrogens (tertiary/aromatic N) is 3. The molecule has 34 heavy (non-hydrogen) atoms. The fourth-order valence-electron chi connectivity index (χ4n) is 3.75. The first-order valence-corrected chi connectivity index (χ1v) is 12.2. The maximum atomic E-state index is 12.8. The van der Waals surface area contributed by atoms with Crippen molar-refractivity contribution in [2.24, 2.45) is 0 Å². The Morgan fingerprint density at radius 3 is 2.38 bits per heavy atom. The molecule has 3 aromatic rings. The molecule has 5 nitrogen and oxygen atoms in total. The van der Waals surface area contributed by atoms with Crippen LogP contribution in [0.3, 0.4) is 0 Å². The van der Waals surface area contributed by atoms with E-state index in [4.69, 9.17) is 46.4 Å². The van der Waals surface area contributed by atoms with Gasteiger partial charge >= 0.3 is 0 Å². The topological polar surface area (TPSA) is 48.5 Å². The van der Waals surface area contributed by atoms with E-state index in [9.17, 15) is 4.79 Å². The molecule has 0 radical (unpaired) electrons. The Morgan fingerprint density at radius 2 is 1.68 bits per heavy atom. The molecule has 0 atom stereocenters. The summed E-state index contributed by atoms with van der Waals surface area (Å²) in [5.41, 5.74) is 2.84. The number of benzene rings is 2. The van der Waals surface area contributed by atoms with E-state index in [2.05, 4.69) is 32.3 Å². The number of piperazine rings is 1. The van der Waals surface area contributed by atoms with Crippen LogP contribution in [0, 0.1) is 0 Å². The van der Waals surface area contributed by atoms with Crippen LogP contribution in [0.4, 0.5) is 11.4 Å². The van der Waals surface area contributed by atoms with Crippen LogP contribution in [0.25, 0.3) is 6.08 Å². The molecule has 0 saturated carbocycles. The number of amides is 1. The van der Waals surface area contributed by atoms with Crippen LogP contribution in [0.2, 0.25) is 20.2 Å². The smallest absolute Gasteiger partial charge is 0.255 e. The average Bonchev–Trinajstić information content (AvgIpc) is 2.82. The second-order valence-electron chi connectivity index (χ2n) is 7.84. The number of aromatic nitrogens is 1. The molecule has 0 unspecified atom stereocenters. The van der Waals surface area contributed by atoms with E-state index in [0.29, 0.717) is 21.3 Å². The van der Waals surface area contributed by atoms with Gasteiger partial charge in [0, 0.05) is 54.5 Å². The lowest BCUT2D eigenvalue weighted by molar-refractivity contribution is 0.102. The molecular formula is C25H22Cl4N4O. The number of hydrogen-bond donors (Lipinski definition) is 1. The Balaban J connectivity index is 1.42. The van der Waals surface area contributed by atoms with Crippen molar-refractivity contribution in [2.75, 3.05) is 42.9 Å².